The maximum absolute atomic E-state index is 13.5. The van der Waals surface area contributed by atoms with E-state index < -0.39 is 11.9 Å². The molecule has 39 heavy (non-hydrogen) atoms. The highest BCUT2D eigenvalue weighted by molar-refractivity contribution is 6.22. The van der Waals surface area contributed by atoms with Crippen LogP contribution in [-0.2, 0) is 6.42 Å². The van der Waals surface area contributed by atoms with Gasteiger partial charge in [-0.1, -0.05) is 12.1 Å². The van der Waals surface area contributed by atoms with Gasteiger partial charge in [0.1, 0.15) is 29.8 Å². The molecule has 0 saturated heterocycles. The average Bonchev–Trinajstić information content (AvgIpc) is 3.56. The molecule has 0 radical (unpaired) electrons. The van der Waals surface area contributed by atoms with E-state index in [1.54, 1.807) is 23.3 Å². The SMILES string of the molecule is Nc1nc(NCC(F)(F)Cl)c2nc(-c3ccc(OC4CC4)nc3)cc(Cc3ccc(-n4cncn4)cc3)c2n1. The van der Waals surface area contributed by atoms with Gasteiger partial charge < -0.3 is 15.8 Å². The zero-order valence-corrected chi connectivity index (χ0v) is 21.2. The van der Waals surface area contributed by atoms with Crippen LogP contribution in [-0.4, -0.2) is 52.7 Å². The van der Waals surface area contributed by atoms with Gasteiger partial charge >= 0.3 is 5.38 Å². The summed E-state index contributed by atoms with van der Waals surface area (Å²) >= 11 is 5.12. The maximum atomic E-state index is 13.5. The van der Waals surface area contributed by atoms with Crippen molar-refractivity contribution >= 4 is 34.4 Å². The van der Waals surface area contributed by atoms with E-state index in [1.165, 1.54) is 6.33 Å². The monoisotopic (exact) mass is 549 g/mol. The number of hydrogen-bond acceptors (Lipinski definition) is 9. The largest absolute Gasteiger partial charge is 0.474 e. The minimum atomic E-state index is -3.49. The van der Waals surface area contributed by atoms with Gasteiger partial charge in [-0.05, 0) is 66.3 Å². The average molecular weight is 550 g/mol. The summed E-state index contributed by atoms with van der Waals surface area (Å²) in [5.41, 5.74) is 10.6. The Kier molecular flexibility index (Phi) is 6.39. The minimum absolute atomic E-state index is 0.0594. The Morgan fingerprint density at radius 1 is 1.08 bits per heavy atom. The topological polar surface area (TPSA) is 130 Å². The van der Waals surface area contributed by atoms with Crippen LogP contribution in [0.25, 0.3) is 28.0 Å². The van der Waals surface area contributed by atoms with Gasteiger partial charge in [-0.2, -0.15) is 18.9 Å². The molecular weight excluding hydrogens is 528 g/mol. The number of halogens is 3. The molecule has 1 aromatic carbocycles. The molecule has 3 N–H and O–H groups in total. The molecule has 0 atom stereocenters. The number of nitrogens with zero attached hydrogens (tertiary/aromatic N) is 7. The van der Waals surface area contributed by atoms with E-state index in [0.29, 0.717) is 29.1 Å². The summed E-state index contributed by atoms with van der Waals surface area (Å²) < 4.78 is 34.3. The van der Waals surface area contributed by atoms with Gasteiger partial charge in [-0.15, -0.1) is 0 Å². The molecule has 1 fully saturated rings. The Bertz CT molecular complexity index is 1600. The van der Waals surface area contributed by atoms with Gasteiger partial charge in [-0.3, -0.25) is 0 Å². The quantitative estimate of drug-likeness (QED) is 0.253. The molecule has 198 valence electrons. The summed E-state index contributed by atoms with van der Waals surface area (Å²) in [6.07, 6.45) is 7.49. The lowest BCUT2D eigenvalue weighted by atomic mass is 10.0. The second-order valence-electron chi connectivity index (χ2n) is 9.15. The van der Waals surface area contributed by atoms with Crippen molar-refractivity contribution in [2.45, 2.75) is 30.7 Å². The van der Waals surface area contributed by atoms with Crippen molar-refractivity contribution in [3.63, 3.8) is 0 Å². The third kappa shape index (κ3) is 5.85. The maximum Gasteiger partial charge on any atom is 0.338 e. The number of nitrogens with one attached hydrogen (secondary N) is 1. The third-order valence-electron chi connectivity index (χ3n) is 6.06. The van der Waals surface area contributed by atoms with E-state index in [0.717, 1.165) is 29.7 Å². The molecule has 1 aliphatic rings. The predicted molar refractivity (Wildman–Crippen MR) is 142 cm³/mol. The summed E-state index contributed by atoms with van der Waals surface area (Å²) in [6, 6.07) is 13.3. The number of pyridine rings is 2. The Balaban J connectivity index is 1.41. The van der Waals surface area contributed by atoms with Crippen LogP contribution in [0.1, 0.15) is 24.0 Å². The van der Waals surface area contributed by atoms with E-state index >= 15 is 0 Å². The van der Waals surface area contributed by atoms with Crippen LogP contribution in [0.4, 0.5) is 20.5 Å². The van der Waals surface area contributed by atoms with Crippen LogP contribution in [0.5, 0.6) is 5.88 Å². The van der Waals surface area contributed by atoms with Crippen molar-refractivity contribution in [3.8, 4) is 22.8 Å². The summed E-state index contributed by atoms with van der Waals surface area (Å²) in [5, 5.41) is 3.23. The van der Waals surface area contributed by atoms with Gasteiger partial charge in [0.2, 0.25) is 11.8 Å². The predicted octanol–water partition coefficient (Wildman–Crippen LogP) is 4.63. The lowest BCUT2D eigenvalue weighted by Gasteiger charge is -2.15. The second kappa shape index (κ2) is 10.0. The van der Waals surface area contributed by atoms with E-state index in [4.69, 9.17) is 27.1 Å². The van der Waals surface area contributed by atoms with Crippen molar-refractivity contribution in [1.29, 1.82) is 0 Å². The number of anilines is 2. The van der Waals surface area contributed by atoms with Crippen LogP contribution in [0.2, 0.25) is 0 Å². The molecule has 4 heterocycles. The zero-order valence-electron chi connectivity index (χ0n) is 20.4. The molecule has 0 bridgehead atoms. The second-order valence-corrected chi connectivity index (χ2v) is 9.70. The van der Waals surface area contributed by atoms with Crippen molar-refractivity contribution in [2.75, 3.05) is 17.6 Å². The fraction of sp³-hybridized carbons (Fsp3) is 0.231. The molecule has 0 spiro atoms. The smallest absolute Gasteiger partial charge is 0.338 e. The fourth-order valence-corrected chi connectivity index (χ4v) is 4.13. The normalized spacial score (nSPS) is 13.5. The Morgan fingerprint density at radius 2 is 1.90 bits per heavy atom. The number of benzene rings is 1. The number of hydrogen-bond donors (Lipinski definition) is 2. The molecule has 0 aliphatic heterocycles. The lowest BCUT2D eigenvalue weighted by molar-refractivity contribution is 0.111. The number of aromatic nitrogens is 7. The molecule has 6 rings (SSSR count). The number of nitrogen functional groups attached to an aromatic ring is 1. The van der Waals surface area contributed by atoms with Crippen molar-refractivity contribution in [1.82, 2.24) is 34.7 Å². The number of nitrogens with two attached hydrogens (primary N) is 1. The molecule has 1 aliphatic carbocycles. The first kappa shape index (κ1) is 24.9. The first-order chi connectivity index (χ1) is 18.8. The van der Waals surface area contributed by atoms with Crippen LogP contribution in [0, 0.1) is 0 Å². The molecule has 5 aromatic rings. The fourth-order valence-electron chi connectivity index (χ4n) is 4.06. The van der Waals surface area contributed by atoms with Crippen LogP contribution in [0.3, 0.4) is 0 Å². The van der Waals surface area contributed by atoms with Crippen LogP contribution >= 0.6 is 11.6 Å². The van der Waals surface area contributed by atoms with E-state index in [2.05, 4.69) is 30.4 Å². The van der Waals surface area contributed by atoms with Gasteiger partial charge in [0.15, 0.2) is 5.82 Å². The van der Waals surface area contributed by atoms with Gasteiger partial charge in [0.05, 0.1) is 17.9 Å². The number of ether oxygens (including phenoxy) is 1. The van der Waals surface area contributed by atoms with Gasteiger partial charge in [0.25, 0.3) is 0 Å². The summed E-state index contributed by atoms with van der Waals surface area (Å²) in [5.74, 6) is 0.519. The Hall–Kier alpha value is -4.45. The molecule has 0 unspecified atom stereocenters. The summed E-state index contributed by atoms with van der Waals surface area (Å²) in [4.78, 5) is 21.6. The molecule has 13 heteroatoms. The standard InChI is InChI=1S/C26H22ClF2N9O/c27-26(28,29)12-33-24-23-22(36-25(30)37-24)17(9-15-1-4-18(5-2-15)38-14-31-13-34-38)10-20(35-23)16-3-8-21(32-11-16)39-19-6-7-19/h1-5,8,10-11,13-14,19H,6-7,9,12H2,(H3,30,33,36,37). The van der Waals surface area contributed by atoms with Gasteiger partial charge in [0, 0.05) is 17.8 Å². The molecule has 1 saturated carbocycles. The Morgan fingerprint density at radius 3 is 2.56 bits per heavy atom. The van der Waals surface area contributed by atoms with Crippen LogP contribution < -0.4 is 15.8 Å². The first-order valence-electron chi connectivity index (χ1n) is 12.2. The molecular formula is C26H22ClF2N9O. The van der Waals surface area contributed by atoms with Gasteiger partial charge in [-0.25, -0.2) is 24.6 Å². The Labute approximate surface area is 226 Å². The minimum Gasteiger partial charge on any atom is -0.474 e. The zero-order chi connectivity index (χ0) is 27.0. The summed E-state index contributed by atoms with van der Waals surface area (Å²) in [7, 11) is 0. The van der Waals surface area contributed by atoms with Crippen molar-refractivity contribution < 1.29 is 13.5 Å². The number of fused-ring (bicyclic) bond motifs is 1. The van der Waals surface area contributed by atoms with E-state index in [-0.39, 0.29) is 23.4 Å². The third-order valence-corrected chi connectivity index (χ3v) is 6.20. The van der Waals surface area contributed by atoms with Crippen molar-refractivity contribution in [2.24, 2.45) is 0 Å². The molecule has 0 amide bonds. The van der Waals surface area contributed by atoms with E-state index in [1.807, 2.05) is 36.4 Å². The molecule has 10 nitrogen and oxygen atoms in total. The van der Waals surface area contributed by atoms with Crippen molar-refractivity contribution in [3.05, 3.63) is 72.4 Å². The van der Waals surface area contributed by atoms with E-state index in [9.17, 15) is 8.78 Å². The highest BCUT2D eigenvalue weighted by atomic mass is 35.5. The highest BCUT2D eigenvalue weighted by Gasteiger charge is 2.26. The first-order valence-corrected chi connectivity index (χ1v) is 12.5. The molecule has 4 aromatic heterocycles. The summed E-state index contributed by atoms with van der Waals surface area (Å²) in [6.45, 7) is -0.861. The number of rotatable bonds is 9. The highest BCUT2D eigenvalue weighted by Crippen LogP contribution is 2.31. The number of alkyl halides is 3. The lowest BCUT2D eigenvalue weighted by Crippen LogP contribution is -2.21. The van der Waals surface area contributed by atoms with Crippen LogP contribution in [0.15, 0.2) is 61.3 Å².